The Kier molecular flexibility index (Phi) is 3.87. The normalized spacial score (nSPS) is 27.3. The highest BCUT2D eigenvalue weighted by molar-refractivity contribution is 4.72. The summed E-state index contributed by atoms with van der Waals surface area (Å²) in [5.74, 6) is 0. The number of hydrogen-bond acceptors (Lipinski definition) is 2. The first-order valence-corrected chi connectivity index (χ1v) is 4.57. The Hall–Kier alpha value is -0.0800. The molecule has 1 atom stereocenters. The molecular formula is C9H19NO. The zero-order chi connectivity index (χ0) is 8.10. The molecule has 0 N–H and O–H groups in total. The first-order chi connectivity index (χ1) is 5.34. The van der Waals surface area contributed by atoms with E-state index in [1.165, 1.54) is 25.8 Å². The van der Waals surface area contributed by atoms with Crippen molar-refractivity contribution in [2.45, 2.75) is 32.2 Å². The average molecular weight is 157 g/mol. The van der Waals surface area contributed by atoms with Gasteiger partial charge in [0.2, 0.25) is 0 Å². The first-order valence-electron chi connectivity index (χ1n) is 4.57. The van der Waals surface area contributed by atoms with Gasteiger partial charge in [-0.1, -0.05) is 6.42 Å². The van der Waals surface area contributed by atoms with Crippen molar-refractivity contribution in [2.24, 2.45) is 0 Å². The minimum Gasteiger partial charge on any atom is -0.383 e. The van der Waals surface area contributed by atoms with E-state index in [2.05, 4.69) is 11.8 Å². The molecular weight excluding hydrogens is 138 g/mol. The monoisotopic (exact) mass is 157 g/mol. The molecule has 2 nitrogen and oxygen atoms in total. The quantitative estimate of drug-likeness (QED) is 0.615. The molecule has 1 heterocycles. The molecule has 0 spiro atoms. The summed E-state index contributed by atoms with van der Waals surface area (Å²) in [7, 11) is 1.77. The van der Waals surface area contributed by atoms with E-state index in [0.29, 0.717) is 0 Å². The topological polar surface area (TPSA) is 12.5 Å². The van der Waals surface area contributed by atoms with E-state index in [1.807, 2.05) is 0 Å². The second kappa shape index (κ2) is 4.73. The summed E-state index contributed by atoms with van der Waals surface area (Å²) < 4.78 is 5.05. The second-order valence-electron chi connectivity index (χ2n) is 3.37. The molecule has 0 radical (unpaired) electrons. The third-order valence-electron chi connectivity index (χ3n) is 2.52. The standard InChI is InChI=1S/C9H19NO/c1-9-5-3-4-6-10(9)7-8-11-2/h9H,3-8H2,1-2H3/t9-/m1/s1. The van der Waals surface area contributed by atoms with E-state index in [-0.39, 0.29) is 0 Å². The Bertz CT molecular complexity index is 106. The number of piperidine rings is 1. The lowest BCUT2D eigenvalue weighted by atomic mass is 10.0. The van der Waals surface area contributed by atoms with E-state index >= 15 is 0 Å². The summed E-state index contributed by atoms with van der Waals surface area (Å²) in [5, 5.41) is 0. The van der Waals surface area contributed by atoms with E-state index < -0.39 is 0 Å². The van der Waals surface area contributed by atoms with Gasteiger partial charge in [-0.15, -0.1) is 0 Å². The molecule has 0 aromatic carbocycles. The largest absolute Gasteiger partial charge is 0.383 e. The lowest BCUT2D eigenvalue weighted by Crippen LogP contribution is -2.39. The molecule has 1 rings (SSSR count). The minimum atomic E-state index is 0.777. The molecule has 0 unspecified atom stereocenters. The summed E-state index contributed by atoms with van der Waals surface area (Å²) in [6.07, 6.45) is 4.14. The van der Waals surface area contributed by atoms with Crippen molar-refractivity contribution in [1.82, 2.24) is 4.90 Å². The fourth-order valence-electron chi connectivity index (χ4n) is 1.70. The molecule has 0 bridgehead atoms. The molecule has 1 saturated heterocycles. The van der Waals surface area contributed by atoms with Crippen LogP contribution in [0.3, 0.4) is 0 Å². The van der Waals surface area contributed by atoms with Crippen LogP contribution in [-0.4, -0.2) is 37.7 Å². The van der Waals surface area contributed by atoms with Crippen LogP contribution in [0.2, 0.25) is 0 Å². The van der Waals surface area contributed by atoms with Gasteiger partial charge in [-0.25, -0.2) is 0 Å². The van der Waals surface area contributed by atoms with Crippen molar-refractivity contribution in [3.8, 4) is 0 Å². The number of rotatable bonds is 3. The Morgan fingerprint density at radius 3 is 2.91 bits per heavy atom. The van der Waals surface area contributed by atoms with Crippen molar-refractivity contribution in [2.75, 3.05) is 26.8 Å². The molecule has 0 amide bonds. The van der Waals surface area contributed by atoms with Gasteiger partial charge in [-0.05, 0) is 26.3 Å². The highest BCUT2D eigenvalue weighted by Gasteiger charge is 2.16. The van der Waals surface area contributed by atoms with Crippen LogP contribution in [0.5, 0.6) is 0 Å². The highest BCUT2D eigenvalue weighted by atomic mass is 16.5. The van der Waals surface area contributed by atoms with Crippen molar-refractivity contribution in [3.05, 3.63) is 0 Å². The highest BCUT2D eigenvalue weighted by Crippen LogP contribution is 2.15. The van der Waals surface area contributed by atoms with Gasteiger partial charge in [0.1, 0.15) is 0 Å². The Labute approximate surface area is 69.5 Å². The Balaban J connectivity index is 2.18. The lowest BCUT2D eigenvalue weighted by molar-refractivity contribution is 0.103. The van der Waals surface area contributed by atoms with Crippen LogP contribution in [0.4, 0.5) is 0 Å². The molecule has 11 heavy (non-hydrogen) atoms. The molecule has 0 aromatic heterocycles. The van der Waals surface area contributed by atoms with Gasteiger partial charge in [0, 0.05) is 19.7 Å². The van der Waals surface area contributed by atoms with Crippen LogP contribution < -0.4 is 0 Å². The van der Waals surface area contributed by atoms with Crippen LogP contribution in [0.15, 0.2) is 0 Å². The van der Waals surface area contributed by atoms with Crippen molar-refractivity contribution in [3.63, 3.8) is 0 Å². The average Bonchev–Trinajstić information content (AvgIpc) is 2.03. The maximum absolute atomic E-state index is 5.05. The molecule has 1 aliphatic rings. The van der Waals surface area contributed by atoms with Gasteiger partial charge < -0.3 is 4.74 Å². The predicted octanol–water partition coefficient (Wildman–Crippen LogP) is 1.51. The Morgan fingerprint density at radius 2 is 2.27 bits per heavy atom. The summed E-state index contributed by atoms with van der Waals surface area (Å²) in [4.78, 5) is 2.52. The van der Waals surface area contributed by atoms with Gasteiger partial charge in [0.15, 0.2) is 0 Å². The SMILES string of the molecule is COCCN1CCCC[C@H]1C. The van der Waals surface area contributed by atoms with Gasteiger partial charge in [-0.3, -0.25) is 4.90 Å². The van der Waals surface area contributed by atoms with E-state index in [1.54, 1.807) is 7.11 Å². The third kappa shape index (κ3) is 2.80. The summed E-state index contributed by atoms with van der Waals surface area (Å²) in [6, 6.07) is 0.777. The van der Waals surface area contributed by atoms with Crippen LogP contribution >= 0.6 is 0 Å². The minimum absolute atomic E-state index is 0.777. The maximum Gasteiger partial charge on any atom is 0.0589 e. The maximum atomic E-state index is 5.05. The number of ether oxygens (including phenoxy) is 1. The van der Waals surface area contributed by atoms with Gasteiger partial charge in [0.05, 0.1) is 6.61 Å². The van der Waals surface area contributed by atoms with Crippen molar-refractivity contribution < 1.29 is 4.74 Å². The zero-order valence-electron chi connectivity index (χ0n) is 7.68. The van der Waals surface area contributed by atoms with Crippen molar-refractivity contribution in [1.29, 1.82) is 0 Å². The third-order valence-corrected chi connectivity index (χ3v) is 2.52. The molecule has 66 valence electrons. The van der Waals surface area contributed by atoms with Crippen LogP contribution in [0.25, 0.3) is 0 Å². The number of likely N-dealkylation sites (tertiary alicyclic amines) is 1. The van der Waals surface area contributed by atoms with Crippen LogP contribution in [0, 0.1) is 0 Å². The van der Waals surface area contributed by atoms with E-state index in [4.69, 9.17) is 4.74 Å². The van der Waals surface area contributed by atoms with Crippen molar-refractivity contribution >= 4 is 0 Å². The smallest absolute Gasteiger partial charge is 0.0589 e. The summed E-state index contributed by atoms with van der Waals surface area (Å²) >= 11 is 0. The van der Waals surface area contributed by atoms with Gasteiger partial charge in [-0.2, -0.15) is 0 Å². The number of nitrogens with zero attached hydrogens (tertiary/aromatic N) is 1. The lowest BCUT2D eigenvalue weighted by Gasteiger charge is -2.32. The molecule has 1 fully saturated rings. The molecule has 0 saturated carbocycles. The Morgan fingerprint density at radius 1 is 1.45 bits per heavy atom. The molecule has 2 heteroatoms. The summed E-state index contributed by atoms with van der Waals surface area (Å²) in [5.41, 5.74) is 0. The predicted molar refractivity (Wildman–Crippen MR) is 46.8 cm³/mol. The van der Waals surface area contributed by atoms with Gasteiger partial charge in [0.25, 0.3) is 0 Å². The van der Waals surface area contributed by atoms with Crippen LogP contribution in [0.1, 0.15) is 26.2 Å². The van der Waals surface area contributed by atoms with E-state index in [0.717, 1.165) is 19.2 Å². The number of methoxy groups -OCH3 is 1. The molecule has 0 aliphatic carbocycles. The molecule has 1 aliphatic heterocycles. The zero-order valence-corrected chi connectivity index (χ0v) is 7.68. The molecule has 0 aromatic rings. The number of hydrogen-bond donors (Lipinski definition) is 0. The fraction of sp³-hybridized carbons (Fsp3) is 1.00. The first kappa shape index (κ1) is 9.01. The summed E-state index contributed by atoms with van der Waals surface area (Å²) in [6.45, 7) is 5.57. The fourth-order valence-corrected chi connectivity index (χ4v) is 1.70. The van der Waals surface area contributed by atoms with Crippen LogP contribution in [-0.2, 0) is 4.74 Å². The second-order valence-corrected chi connectivity index (χ2v) is 3.37. The van der Waals surface area contributed by atoms with Gasteiger partial charge >= 0.3 is 0 Å². The van der Waals surface area contributed by atoms with E-state index in [9.17, 15) is 0 Å².